The lowest BCUT2D eigenvalue weighted by atomic mass is 10.0. The van der Waals surface area contributed by atoms with E-state index in [4.69, 9.17) is 4.98 Å². The maximum Gasteiger partial charge on any atom is 0.125 e. The zero-order chi connectivity index (χ0) is 28.1. The van der Waals surface area contributed by atoms with Crippen molar-refractivity contribution in [3.8, 4) is 16.3 Å². The fraction of sp³-hybridized carbons (Fsp3) is 0. The number of benzene rings is 7. The molecule has 0 radical (unpaired) electrons. The molecule has 0 atom stereocenters. The average Bonchev–Trinajstić information content (AvgIpc) is 3.76. The van der Waals surface area contributed by atoms with E-state index in [1.54, 1.807) is 11.3 Å². The van der Waals surface area contributed by atoms with Gasteiger partial charge in [0.25, 0.3) is 0 Å². The molecule has 7 aromatic carbocycles. The van der Waals surface area contributed by atoms with Crippen LogP contribution in [0.5, 0.6) is 0 Å². The number of hydrogen-bond donors (Lipinski definition) is 0. The molecule has 0 aliphatic heterocycles. The Labute approximate surface area is 254 Å². The number of thiophene rings is 1. The molecule has 2 nitrogen and oxygen atoms in total. The zero-order valence-electron chi connectivity index (χ0n) is 22.9. The fourth-order valence-corrected chi connectivity index (χ4v) is 9.24. The summed E-state index contributed by atoms with van der Waals surface area (Å²) in [4.78, 5) is 5.03. The van der Waals surface area contributed by atoms with E-state index in [9.17, 15) is 0 Å². The lowest BCUT2D eigenvalue weighted by Crippen LogP contribution is -1.95. The highest BCUT2D eigenvalue weighted by atomic mass is 32.1. The third-order valence-corrected chi connectivity index (χ3v) is 11.1. The number of nitrogens with zero attached hydrogens (tertiary/aromatic N) is 2. The minimum absolute atomic E-state index is 1.06. The van der Waals surface area contributed by atoms with Crippen LogP contribution < -0.4 is 0 Å². The summed E-state index contributed by atoms with van der Waals surface area (Å²) in [7, 11) is 0. The molecular weight excluding hydrogens is 561 g/mol. The molecular formula is C39H22N2S2. The smallest absolute Gasteiger partial charge is 0.125 e. The van der Waals surface area contributed by atoms with Crippen molar-refractivity contribution in [2.45, 2.75) is 0 Å². The van der Waals surface area contributed by atoms with Crippen LogP contribution in [0.2, 0.25) is 0 Å². The Hall–Kier alpha value is -5.03. The molecule has 0 aliphatic carbocycles. The minimum atomic E-state index is 1.06. The third kappa shape index (κ3) is 3.25. The van der Waals surface area contributed by atoms with Crippen molar-refractivity contribution in [1.29, 1.82) is 0 Å². The van der Waals surface area contributed by atoms with Gasteiger partial charge in [0.15, 0.2) is 0 Å². The Bertz CT molecular complexity index is 2710. The second-order valence-electron chi connectivity index (χ2n) is 11.1. The zero-order valence-corrected chi connectivity index (χ0v) is 24.5. The molecule has 0 amide bonds. The number of aromatic nitrogens is 2. The van der Waals surface area contributed by atoms with Gasteiger partial charge >= 0.3 is 0 Å². The van der Waals surface area contributed by atoms with Crippen molar-refractivity contribution in [3.63, 3.8) is 0 Å². The van der Waals surface area contributed by atoms with E-state index in [1.165, 1.54) is 79.5 Å². The second-order valence-corrected chi connectivity index (χ2v) is 13.2. The lowest BCUT2D eigenvalue weighted by Gasteiger charge is -2.12. The van der Waals surface area contributed by atoms with E-state index in [-0.39, 0.29) is 0 Å². The monoisotopic (exact) mass is 582 g/mol. The molecule has 0 saturated carbocycles. The van der Waals surface area contributed by atoms with Crippen LogP contribution in [0.1, 0.15) is 0 Å². The van der Waals surface area contributed by atoms with Crippen LogP contribution in [0.15, 0.2) is 133 Å². The van der Waals surface area contributed by atoms with E-state index in [2.05, 4.69) is 138 Å². The van der Waals surface area contributed by atoms with Crippen LogP contribution in [-0.2, 0) is 0 Å². The van der Waals surface area contributed by atoms with Crippen molar-refractivity contribution < 1.29 is 0 Å². The van der Waals surface area contributed by atoms with Crippen molar-refractivity contribution >= 4 is 96.4 Å². The molecule has 3 heterocycles. The summed E-state index contributed by atoms with van der Waals surface area (Å²) < 4.78 is 6.32. The fourth-order valence-electron chi connectivity index (χ4n) is 6.98. The topological polar surface area (TPSA) is 17.8 Å². The van der Waals surface area contributed by atoms with Crippen molar-refractivity contribution in [3.05, 3.63) is 133 Å². The number of fused-ring (bicyclic) bond motifs is 11. The summed E-state index contributed by atoms with van der Waals surface area (Å²) in [6.45, 7) is 0. The Morgan fingerprint density at radius 3 is 2.19 bits per heavy atom. The van der Waals surface area contributed by atoms with E-state index >= 15 is 0 Å². The molecule has 0 bridgehead atoms. The lowest BCUT2D eigenvalue weighted by molar-refractivity contribution is 1.20. The summed E-state index contributed by atoms with van der Waals surface area (Å²) in [6.07, 6.45) is 0. The molecule has 0 fully saturated rings. The van der Waals surface area contributed by atoms with Gasteiger partial charge in [-0.05, 0) is 47.2 Å². The third-order valence-electron chi connectivity index (χ3n) is 8.82. The normalized spacial score (nSPS) is 12.2. The standard InChI is InChI=1S/C39H22N2S2/c1-2-10-24-23(9-1)19-22-33-36(24)27-11-3-5-15-32(27)41(33)31-16-7-12-26-25(31)20-21-28-37-29(13-8-18-35(37)42-38(26)28)39-40-30-14-4-6-17-34(30)43-39/h1-22H. The number of para-hydroxylation sites is 2. The van der Waals surface area contributed by atoms with Gasteiger partial charge in [-0.1, -0.05) is 97.1 Å². The van der Waals surface area contributed by atoms with E-state index in [0.717, 1.165) is 10.5 Å². The summed E-state index contributed by atoms with van der Waals surface area (Å²) in [5.41, 5.74) is 5.96. The summed E-state index contributed by atoms with van der Waals surface area (Å²) in [5, 5.41) is 11.4. The summed E-state index contributed by atoms with van der Waals surface area (Å²) in [6, 6.07) is 48.6. The second kappa shape index (κ2) is 8.74. The Morgan fingerprint density at radius 2 is 1.23 bits per heavy atom. The highest BCUT2D eigenvalue weighted by molar-refractivity contribution is 7.27. The molecule has 10 rings (SSSR count). The largest absolute Gasteiger partial charge is 0.309 e. The van der Waals surface area contributed by atoms with Gasteiger partial charge in [-0.15, -0.1) is 22.7 Å². The van der Waals surface area contributed by atoms with Crippen LogP contribution in [0.3, 0.4) is 0 Å². The van der Waals surface area contributed by atoms with Crippen molar-refractivity contribution in [1.82, 2.24) is 9.55 Å². The first-order chi connectivity index (χ1) is 21.3. The highest BCUT2D eigenvalue weighted by Gasteiger charge is 2.19. The predicted molar refractivity (Wildman–Crippen MR) is 187 cm³/mol. The van der Waals surface area contributed by atoms with Crippen LogP contribution in [0.25, 0.3) is 90.0 Å². The van der Waals surface area contributed by atoms with Gasteiger partial charge < -0.3 is 4.57 Å². The molecule has 200 valence electrons. The molecule has 0 spiro atoms. The average molecular weight is 583 g/mol. The summed E-state index contributed by atoms with van der Waals surface area (Å²) >= 11 is 3.66. The predicted octanol–water partition coefficient (Wildman–Crippen LogP) is 11.7. The molecule has 0 saturated heterocycles. The van der Waals surface area contributed by atoms with Gasteiger partial charge in [0.1, 0.15) is 5.01 Å². The number of thiazole rings is 1. The molecule has 43 heavy (non-hydrogen) atoms. The molecule has 10 aromatic rings. The summed E-state index contributed by atoms with van der Waals surface area (Å²) in [5.74, 6) is 0. The van der Waals surface area contributed by atoms with Crippen LogP contribution in [-0.4, -0.2) is 9.55 Å². The first-order valence-electron chi connectivity index (χ1n) is 14.5. The van der Waals surface area contributed by atoms with Gasteiger partial charge in [0, 0.05) is 47.3 Å². The van der Waals surface area contributed by atoms with Crippen molar-refractivity contribution in [2.75, 3.05) is 0 Å². The van der Waals surface area contributed by atoms with E-state index in [0.29, 0.717) is 0 Å². The quantitative estimate of drug-likeness (QED) is 0.198. The number of hydrogen-bond acceptors (Lipinski definition) is 3. The maximum absolute atomic E-state index is 5.03. The van der Waals surface area contributed by atoms with Gasteiger partial charge in [0.05, 0.1) is 26.9 Å². The molecule has 0 N–H and O–H groups in total. The molecule has 0 unspecified atom stereocenters. The first-order valence-corrected chi connectivity index (χ1v) is 16.1. The highest BCUT2D eigenvalue weighted by Crippen LogP contribution is 2.46. The van der Waals surface area contributed by atoms with Gasteiger partial charge in [-0.2, -0.15) is 0 Å². The van der Waals surface area contributed by atoms with Crippen LogP contribution in [0, 0.1) is 0 Å². The van der Waals surface area contributed by atoms with E-state index < -0.39 is 0 Å². The Kier molecular flexibility index (Phi) is 4.78. The van der Waals surface area contributed by atoms with Gasteiger partial charge in [-0.3, -0.25) is 0 Å². The number of rotatable bonds is 2. The molecule has 3 aromatic heterocycles. The van der Waals surface area contributed by atoms with Crippen LogP contribution in [0.4, 0.5) is 0 Å². The Morgan fingerprint density at radius 1 is 0.465 bits per heavy atom. The van der Waals surface area contributed by atoms with Gasteiger partial charge in [0.2, 0.25) is 0 Å². The van der Waals surface area contributed by atoms with Crippen LogP contribution >= 0.6 is 22.7 Å². The van der Waals surface area contributed by atoms with E-state index in [1.807, 2.05) is 11.3 Å². The molecule has 0 aliphatic rings. The minimum Gasteiger partial charge on any atom is -0.309 e. The first kappa shape index (κ1) is 23.5. The Balaban J connectivity index is 1.28. The maximum atomic E-state index is 5.03. The SMILES string of the molecule is c1ccc2c(c1)ccc1c2c2ccccc2n1-c1cccc2c1ccc1c2sc2cccc(-c3nc4ccccc4s3)c21. The molecule has 4 heteroatoms. The van der Waals surface area contributed by atoms with Crippen molar-refractivity contribution in [2.24, 2.45) is 0 Å². The van der Waals surface area contributed by atoms with Gasteiger partial charge in [-0.25, -0.2) is 4.98 Å².